The van der Waals surface area contributed by atoms with Gasteiger partial charge in [-0.3, -0.25) is 0 Å². The van der Waals surface area contributed by atoms with Crippen molar-refractivity contribution in [2.24, 2.45) is 0 Å². The number of benzene rings is 1. The molecule has 0 fully saturated rings. The maximum absolute atomic E-state index is 11.8. The highest BCUT2D eigenvalue weighted by atomic mass is 16.5. The van der Waals surface area contributed by atoms with Crippen molar-refractivity contribution < 1.29 is 9.53 Å². The fraction of sp³-hybridized carbons (Fsp3) is 0.250. The summed E-state index contributed by atoms with van der Waals surface area (Å²) >= 11 is 0. The Kier molecular flexibility index (Phi) is 4.71. The van der Waals surface area contributed by atoms with Crippen LogP contribution in [0, 0.1) is 6.92 Å². The molecule has 0 saturated heterocycles. The summed E-state index contributed by atoms with van der Waals surface area (Å²) in [6.45, 7) is 4.80. The third-order valence-corrected chi connectivity index (χ3v) is 2.85. The highest BCUT2D eigenvalue weighted by molar-refractivity contribution is 5.94. The number of aryl methyl sites for hydroxylation is 1. The molecule has 20 heavy (non-hydrogen) atoms. The number of aromatic nitrogens is 1. The number of hydrogen-bond acceptors (Lipinski definition) is 4. The predicted molar refractivity (Wildman–Crippen MR) is 78.7 cm³/mol. The van der Waals surface area contributed by atoms with Crippen molar-refractivity contribution >= 4 is 11.8 Å². The Labute approximate surface area is 118 Å². The van der Waals surface area contributed by atoms with Crippen LogP contribution < -0.4 is 5.32 Å². The van der Waals surface area contributed by atoms with E-state index in [1.54, 1.807) is 25.3 Å². The van der Waals surface area contributed by atoms with Crippen LogP contribution in [0.15, 0.2) is 42.6 Å². The number of esters is 1. The van der Waals surface area contributed by atoms with Crippen LogP contribution in [0.5, 0.6) is 0 Å². The lowest BCUT2D eigenvalue weighted by molar-refractivity contribution is 0.0527. The van der Waals surface area contributed by atoms with Crippen LogP contribution in [0.1, 0.15) is 28.4 Å². The molecule has 104 valence electrons. The average Bonchev–Trinajstić information content (AvgIpc) is 2.46. The molecule has 0 amide bonds. The number of pyridine rings is 1. The molecule has 1 heterocycles. The van der Waals surface area contributed by atoms with E-state index < -0.39 is 0 Å². The Bertz CT molecular complexity index is 597. The number of carbonyl (C=O) groups is 1. The van der Waals surface area contributed by atoms with Crippen LogP contribution in [0.4, 0.5) is 5.82 Å². The van der Waals surface area contributed by atoms with Crippen molar-refractivity contribution in [1.29, 1.82) is 0 Å². The maximum Gasteiger partial charge on any atom is 0.341 e. The van der Waals surface area contributed by atoms with Gasteiger partial charge in [0.15, 0.2) is 0 Å². The second-order valence-corrected chi connectivity index (χ2v) is 4.46. The minimum absolute atomic E-state index is 0.352. The van der Waals surface area contributed by atoms with Gasteiger partial charge in [0.1, 0.15) is 11.4 Å². The Morgan fingerprint density at radius 2 is 2.15 bits per heavy atom. The van der Waals surface area contributed by atoms with Gasteiger partial charge < -0.3 is 10.1 Å². The topological polar surface area (TPSA) is 51.2 Å². The second kappa shape index (κ2) is 6.70. The Balaban J connectivity index is 2.11. The number of ether oxygens (including phenoxy) is 1. The van der Waals surface area contributed by atoms with Crippen molar-refractivity contribution in [3.8, 4) is 0 Å². The summed E-state index contributed by atoms with van der Waals surface area (Å²) in [7, 11) is 0. The summed E-state index contributed by atoms with van der Waals surface area (Å²) in [5, 5.41) is 3.18. The van der Waals surface area contributed by atoms with E-state index in [2.05, 4.69) is 16.4 Å². The zero-order valence-electron chi connectivity index (χ0n) is 11.7. The van der Waals surface area contributed by atoms with Crippen LogP contribution in [-0.4, -0.2) is 17.6 Å². The van der Waals surface area contributed by atoms with Gasteiger partial charge in [-0.1, -0.05) is 29.8 Å². The van der Waals surface area contributed by atoms with E-state index in [9.17, 15) is 4.79 Å². The monoisotopic (exact) mass is 270 g/mol. The first kappa shape index (κ1) is 14.1. The van der Waals surface area contributed by atoms with Gasteiger partial charge >= 0.3 is 5.97 Å². The van der Waals surface area contributed by atoms with Crippen molar-refractivity contribution in [3.63, 3.8) is 0 Å². The lowest BCUT2D eigenvalue weighted by atomic mass is 10.1. The molecule has 1 aromatic carbocycles. The standard InChI is InChI=1S/C16H18N2O2/c1-3-20-16(19)14-8-5-9-17-15(14)18-11-13-7-4-6-12(2)10-13/h4-10H,3,11H2,1-2H3,(H,17,18). The molecule has 1 aromatic heterocycles. The SMILES string of the molecule is CCOC(=O)c1cccnc1NCc1cccc(C)c1. The highest BCUT2D eigenvalue weighted by Gasteiger charge is 2.12. The van der Waals surface area contributed by atoms with E-state index in [-0.39, 0.29) is 5.97 Å². The molecule has 0 radical (unpaired) electrons. The maximum atomic E-state index is 11.8. The molecule has 0 atom stereocenters. The van der Waals surface area contributed by atoms with Gasteiger partial charge in [-0.05, 0) is 31.5 Å². The molecule has 0 spiro atoms. The van der Waals surface area contributed by atoms with Gasteiger partial charge in [-0.15, -0.1) is 0 Å². The van der Waals surface area contributed by atoms with Gasteiger partial charge in [0, 0.05) is 12.7 Å². The summed E-state index contributed by atoms with van der Waals surface area (Å²) in [4.78, 5) is 16.0. The summed E-state index contributed by atoms with van der Waals surface area (Å²) in [5.74, 6) is 0.194. The summed E-state index contributed by atoms with van der Waals surface area (Å²) < 4.78 is 5.02. The molecule has 0 aliphatic carbocycles. The second-order valence-electron chi connectivity index (χ2n) is 4.46. The van der Waals surface area contributed by atoms with Gasteiger partial charge in [-0.2, -0.15) is 0 Å². The fourth-order valence-electron chi connectivity index (χ4n) is 1.93. The van der Waals surface area contributed by atoms with E-state index in [1.807, 2.05) is 25.1 Å². The minimum atomic E-state index is -0.354. The van der Waals surface area contributed by atoms with E-state index >= 15 is 0 Å². The predicted octanol–water partition coefficient (Wildman–Crippen LogP) is 3.18. The molecule has 0 aliphatic heterocycles. The zero-order valence-corrected chi connectivity index (χ0v) is 11.7. The van der Waals surface area contributed by atoms with Crippen LogP contribution in [0.25, 0.3) is 0 Å². The molecule has 2 aromatic rings. The first-order valence-electron chi connectivity index (χ1n) is 6.62. The number of nitrogens with one attached hydrogen (secondary N) is 1. The molecule has 4 nitrogen and oxygen atoms in total. The van der Waals surface area contributed by atoms with Crippen molar-refractivity contribution in [2.75, 3.05) is 11.9 Å². The van der Waals surface area contributed by atoms with E-state index in [1.165, 1.54) is 5.56 Å². The first-order chi connectivity index (χ1) is 9.70. The molecule has 0 saturated carbocycles. The minimum Gasteiger partial charge on any atom is -0.462 e. The molecule has 2 rings (SSSR count). The molecular formula is C16H18N2O2. The lowest BCUT2D eigenvalue weighted by Crippen LogP contribution is -2.11. The van der Waals surface area contributed by atoms with Crippen molar-refractivity contribution in [2.45, 2.75) is 20.4 Å². The molecule has 0 unspecified atom stereocenters. The van der Waals surface area contributed by atoms with Gasteiger partial charge in [0.05, 0.1) is 6.61 Å². The highest BCUT2D eigenvalue weighted by Crippen LogP contribution is 2.14. The lowest BCUT2D eigenvalue weighted by Gasteiger charge is -2.10. The quantitative estimate of drug-likeness (QED) is 0.848. The normalized spacial score (nSPS) is 10.1. The van der Waals surface area contributed by atoms with Crippen LogP contribution in [0.2, 0.25) is 0 Å². The van der Waals surface area contributed by atoms with Crippen LogP contribution >= 0.6 is 0 Å². The molecule has 0 aliphatic rings. The van der Waals surface area contributed by atoms with Gasteiger partial charge in [-0.25, -0.2) is 9.78 Å². The number of anilines is 1. The van der Waals surface area contributed by atoms with Gasteiger partial charge in [0.25, 0.3) is 0 Å². The van der Waals surface area contributed by atoms with E-state index in [0.717, 1.165) is 5.56 Å². The average molecular weight is 270 g/mol. The van der Waals surface area contributed by atoms with E-state index in [4.69, 9.17) is 4.74 Å². The molecule has 0 bridgehead atoms. The van der Waals surface area contributed by atoms with Crippen LogP contribution in [0.3, 0.4) is 0 Å². The van der Waals surface area contributed by atoms with Crippen LogP contribution in [-0.2, 0) is 11.3 Å². The number of hydrogen-bond donors (Lipinski definition) is 1. The zero-order chi connectivity index (χ0) is 14.4. The Hall–Kier alpha value is -2.36. The molecular weight excluding hydrogens is 252 g/mol. The summed E-state index contributed by atoms with van der Waals surface area (Å²) in [6, 6.07) is 11.6. The third-order valence-electron chi connectivity index (χ3n) is 2.85. The Morgan fingerprint density at radius 1 is 1.30 bits per heavy atom. The first-order valence-corrected chi connectivity index (χ1v) is 6.62. The smallest absolute Gasteiger partial charge is 0.341 e. The fourth-order valence-corrected chi connectivity index (χ4v) is 1.93. The van der Waals surface area contributed by atoms with Crippen molar-refractivity contribution in [3.05, 3.63) is 59.3 Å². The van der Waals surface area contributed by atoms with Gasteiger partial charge in [0.2, 0.25) is 0 Å². The molecule has 4 heteroatoms. The number of carbonyl (C=O) groups excluding carboxylic acids is 1. The van der Waals surface area contributed by atoms with Crippen molar-refractivity contribution in [1.82, 2.24) is 4.98 Å². The summed E-state index contributed by atoms with van der Waals surface area (Å²) in [5.41, 5.74) is 2.81. The molecule has 1 N–H and O–H groups in total. The summed E-state index contributed by atoms with van der Waals surface area (Å²) in [6.07, 6.45) is 1.65. The van der Waals surface area contributed by atoms with E-state index in [0.29, 0.717) is 24.5 Å². The third kappa shape index (κ3) is 3.57. The number of nitrogens with zero attached hydrogens (tertiary/aromatic N) is 1. The Morgan fingerprint density at radius 3 is 2.90 bits per heavy atom. The largest absolute Gasteiger partial charge is 0.462 e. The number of rotatable bonds is 5.